The highest BCUT2D eigenvalue weighted by molar-refractivity contribution is 6.34. The second-order valence-corrected chi connectivity index (χ2v) is 10.9. The Morgan fingerprint density at radius 3 is 2.41 bits per heavy atom. The van der Waals surface area contributed by atoms with Crippen LogP contribution < -0.4 is 15.1 Å². The zero-order chi connectivity index (χ0) is 28.9. The van der Waals surface area contributed by atoms with Crippen molar-refractivity contribution in [2.24, 2.45) is 5.10 Å². The Hall–Kier alpha value is -3.78. The largest absolute Gasteiger partial charge is 0.495 e. The van der Waals surface area contributed by atoms with Crippen LogP contribution in [0.3, 0.4) is 0 Å². The summed E-state index contributed by atoms with van der Waals surface area (Å²) in [6.07, 6.45) is 1.65. The minimum Gasteiger partial charge on any atom is -0.495 e. The number of piperazine rings is 1. The molecule has 1 saturated heterocycles. The van der Waals surface area contributed by atoms with Gasteiger partial charge in [-0.15, -0.1) is 0 Å². The van der Waals surface area contributed by atoms with Gasteiger partial charge in [-0.25, -0.2) is 5.43 Å². The average molecular weight is 591 g/mol. The van der Waals surface area contributed by atoms with E-state index in [1.807, 2.05) is 73.0 Å². The van der Waals surface area contributed by atoms with Gasteiger partial charge < -0.3 is 14.2 Å². The summed E-state index contributed by atoms with van der Waals surface area (Å²) < 4.78 is 7.55. The summed E-state index contributed by atoms with van der Waals surface area (Å²) in [4.78, 5) is 17.5. The number of aromatic nitrogens is 1. The van der Waals surface area contributed by atoms with Gasteiger partial charge in [0.1, 0.15) is 5.75 Å². The van der Waals surface area contributed by atoms with Crippen LogP contribution in [0.5, 0.6) is 5.75 Å². The number of ether oxygens (including phenoxy) is 1. The van der Waals surface area contributed by atoms with Crippen LogP contribution >= 0.6 is 23.2 Å². The highest BCUT2D eigenvalue weighted by atomic mass is 35.5. The van der Waals surface area contributed by atoms with Crippen molar-refractivity contribution in [2.45, 2.75) is 20.4 Å². The topological polar surface area (TPSA) is 62.1 Å². The van der Waals surface area contributed by atoms with E-state index < -0.39 is 0 Å². The summed E-state index contributed by atoms with van der Waals surface area (Å²) in [5, 5.41) is 5.42. The van der Waals surface area contributed by atoms with Gasteiger partial charge in [0.2, 0.25) is 0 Å². The number of nitrogens with zero attached hydrogens (tertiary/aromatic N) is 4. The second kappa shape index (κ2) is 12.8. The van der Waals surface area contributed by atoms with Crippen LogP contribution in [0, 0.1) is 13.8 Å². The second-order valence-electron chi connectivity index (χ2n) is 10.1. The number of hydrogen-bond donors (Lipinski definition) is 1. The van der Waals surface area contributed by atoms with Crippen LogP contribution in [0.2, 0.25) is 10.0 Å². The third-order valence-corrected chi connectivity index (χ3v) is 7.96. The Morgan fingerprint density at radius 1 is 0.951 bits per heavy atom. The molecule has 0 radical (unpaired) electrons. The zero-order valence-corrected chi connectivity index (χ0v) is 24.9. The number of para-hydroxylation sites is 2. The van der Waals surface area contributed by atoms with Crippen molar-refractivity contribution in [3.8, 4) is 11.4 Å². The van der Waals surface area contributed by atoms with Crippen molar-refractivity contribution >= 4 is 41.0 Å². The van der Waals surface area contributed by atoms with Gasteiger partial charge in [-0.05, 0) is 67.9 Å². The first-order valence-electron chi connectivity index (χ1n) is 13.5. The van der Waals surface area contributed by atoms with Crippen molar-refractivity contribution in [3.63, 3.8) is 0 Å². The molecule has 212 valence electrons. The number of aryl methyl sites for hydroxylation is 1. The van der Waals surface area contributed by atoms with Crippen molar-refractivity contribution in [1.82, 2.24) is 14.9 Å². The molecule has 0 bridgehead atoms. The van der Waals surface area contributed by atoms with Gasteiger partial charge >= 0.3 is 0 Å². The molecule has 1 aromatic heterocycles. The zero-order valence-electron chi connectivity index (χ0n) is 23.4. The van der Waals surface area contributed by atoms with Gasteiger partial charge in [0.15, 0.2) is 0 Å². The molecular formula is C32H33Cl2N5O2. The predicted molar refractivity (Wildman–Crippen MR) is 167 cm³/mol. The first kappa shape index (κ1) is 28.7. The van der Waals surface area contributed by atoms with Crippen LogP contribution in [0.1, 0.15) is 32.9 Å². The van der Waals surface area contributed by atoms with Gasteiger partial charge in [0.25, 0.3) is 5.91 Å². The average Bonchev–Trinajstić information content (AvgIpc) is 3.27. The molecule has 1 aliphatic heterocycles. The quantitative estimate of drug-likeness (QED) is 0.188. The molecule has 2 heterocycles. The standard InChI is InChI=1S/C32H33Cl2N5O2/c1-22-18-26(23(2)39(22)30-19-27(33)12-13-28(30)34)20-35-36-32(40)25-10-8-24(9-11-25)21-37-14-16-38(17-15-37)29-6-4-5-7-31(29)41-3/h4-13,18-20H,14-17,21H2,1-3H3,(H,36,40)/b35-20+. The van der Waals surface area contributed by atoms with E-state index in [-0.39, 0.29) is 5.91 Å². The van der Waals surface area contributed by atoms with E-state index >= 15 is 0 Å². The maximum atomic E-state index is 12.7. The molecule has 1 N–H and O–H groups in total. The molecule has 4 aromatic rings. The fourth-order valence-corrected chi connectivity index (χ4v) is 5.60. The molecule has 5 rings (SSSR count). The summed E-state index contributed by atoms with van der Waals surface area (Å²) in [6, 6.07) is 23.2. The molecule has 1 fully saturated rings. The molecule has 0 spiro atoms. The smallest absolute Gasteiger partial charge is 0.271 e. The Bertz CT molecular complexity index is 1560. The Morgan fingerprint density at radius 2 is 1.68 bits per heavy atom. The highest BCUT2D eigenvalue weighted by Gasteiger charge is 2.20. The number of anilines is 1. The normalized spacial score (nSPS) is 14.0. The number of methoxy groups -OCH3 is 1. The molecular weight excluding hydrogens is 557 g/mol. The first-order valence-corrected chi connectivity index (χ1v) is 14.3. The Balaban J connectivity index is 1.15. The minimum atomic E-state index is -0.259. The van der Waals surface area contributed by atoms with E-state index in [9.17, 15) is 4.79 Å². The molecule has 0 saturated carbocycles. The maximum Gasteiger partial charge on any atom is 0.271 e. The third kappa shape index (κ3) is 6.59. The summed E-state index contributed by atoms with van der Waals surface area (Å²) in [7, 11) is 1.71. The molecule has 0 aliphatic carbocycles. The van der Waals surface area contributed by atoms with E-state index in [0.717, 1.165) is 66.8 Å². The molecule has 0 unspecified atom stereocenters. The number of amides is 1. The lowest BCUT2D eigenvalue weighted by Gasteiger charge is -2.36. The van der Waals surface area contributed by atoms with Gasteiger partial charge in [0, 0.05) is 60.3 Å². The molecule has 1 amide bonds. The summed E-state index contributed by atoms with van der Waals surface area (Å²) in [5.74, 6) is 0.648. The lowest BCUT2D eigenvalue weighted by Crippen LogP contribution is -2.46. The van der Waals surface area contributed by atoms with Crippen molar-refractivity contribution in [1.29, 1.82) is 0 Å². The fourth-order valence-electron chi connectivity index (χ4n) is 5.23. The fraction of sp³-hybridized carbons (Fsp3) is 0.250. The number of hydrogen-bond acceptors (Lipinski definition) is 5. The molecule has 9 heteroatoms. The monoisotopic (exact) mass is 589 g/mol. The molecule has 3 aromatic carbocycles. The maximum absolute atomic E-state index is 12.7. The van der Waals surface area contributed by atoms with Crippen LogP contribution in [0.4, 0.5) is 5.69 Å². The van der Waals surface area contributed by atoms with Crippen molar-refractivity contribution in [3.05, 3.63) is 111 Å². The van der Waals surface area contributed by atoms with Crippen molar-refractivity contribution in [2.75, 3.05) is 38.2 Å². The minimum absolute atomic E-state index is 0.259. The van der Waals surface area contributed by atoms with Gasteiger partial charge in [0.05, 0.1) is 29.7 Å². The highest BCUT2D eigenvalue weighted by Crippen LogP contribution is 2.29. The molecule has 1 aliphatic rings. The van der Waals surface area contributed by atoms with E-state index in [0.29, 0.717) is 15.6 Å². The predicted octanol–water partition coefficient (Wildman–Crippen LogP) is 6.50. The third-order valence-electron chi connectivity index (χ3n) is 7.41. The number of hydrazone groups is 1. The first-order chi connectivity index (χ1) is 19.8. The van der Waals surface area contributed by atoms with E-state index in [1.165, 1.54) is 5.56 Å². The van der Waals surface area contributed by atoms with E-state index in [4.69, 9.17) is 27.9 Å². The van der Waals surface area contributed by atoms with Gasteiger partial charge in [-0.2, -0.15) is 5.10 Å². The van der Waals surface area contributed by atoms with E-state index in [2.05, 4.69) is 26.4 Å². The van der Waals surface area contributed by atoms with Crippen LogP contribution in [-0.4, -0.2) is 54.9 Å². The lowest BCUT2D eigenvalue weighted by atomic mass is 10.1. The summed E-state index contributed by atoms with van der Waals surface area (Å²) in [6.45, 7) is 8.59. The number of carbonyl (C=O) groups is 1. The van der Waals surface area contributed by atoms with Crippen molar-refractivity contribution < 1.29 is 9.53 Å². The lowest BCUT2D eigenvalue weighted by molar-refractivity contribution is 0.0955. The number of halogens is 2. The number of rotatable bonds is 8. The molecule has 7 nitrogen and oxygen atoms in total. The number of benzene rings is 3. The Labute approximate surface area is 250 Å². The molecule has 0 atom stereocenters. The van der Waals surface area contributed by atoms with Gasteiger partial charge in [-0.3, -0.25) is 9.69 Å². The SMILES string of the molecule is COc1ccccc1N1CCN(Cc2ccc(C(=O)N/N=C/c3cc(C)n(-c4cc(Cl)ccc4Cl)c3C)cc2)CC1. The van der Waals surface area contributed by atoms with Crippen LogP contribution in [0.25, 0.3) is 5.69 Å². The summed E-state index contributed by atoms with van der Waals surface area (Å²) >= 11 is 12.6. The Kier molecular flexibility index (Phi) is 8.98. The number of nitrogens with one attached hydrogen (secondary N) is 1. The summed E-state index contributed by atoms with van der Waals surface area (Å²) in [5.41, 5.74) is 9.11. The molecule has 41 heavy (non-hydrogen) atoms. The van der Waals surface area contributed by atoms with E-state index in [1.54, 1.807) is 25.5 Å². The van der Waals surface area contributed by atoms with Crippen LogP contribution in [-0.2, 0) is 6.54 Å². The van der Waals surface area contributed by atoms with Gasteiger partial charge in [-0.1, -0.05) is 47.5 Å². The van der Waals surface area contributed by atoms with Crippen LogP contribution in [0.15, 0.2) is 77.9 Å². The number of carbonyl (C=O) groups excluding carboxylic acids is 1.